The van der Waals surface area contributed by atoms with Gasteiger partial charge < -0.3 is 9.01 Å². The van der Waals surface area contributed by atoms with Crippen molar-refractivity contribution < 1.29 is 23.4 Å². The van der Waals surface area contributed by atoms with Gasteiger partial charge in [-0.2, -0.15) is 0 Å². The molecule has 0 aliphatic heterocycles. The van der Waals surface area contributed by atoms with Crippen molar-refractivity contribution >= 4 is 29.2 Å². The fourth-order valence-corrected chi connectivity index (χ4v) is 4.51. The predicted molar refractivity (Wildman–Crippen MR) is 105 cm³/mol. The van der Waals surface area contributed by atoms with Crippen molar-refractivity contribution in [2.45, 2.75) is 13.0 Å². The number of thiophene rings is 1. The molecule has 138 valence electrons. The van der Waals surface area contributed by atoms with Crippen LogP contribution in [0, 0.1) is 0 Å². The van der Waals surface area contributed by atoms with Crippen LogP contribution in [0.4, 0.5) is 0 Å². The Hall–Kier alpha value is -1.69. The molecule has 5 nitrogen and oxygen atoms in total. The van der Waals surface area contributed by atoms with E-state index in [0.29, 0.717) is 0 Å². The average Bonchev–Trinajstić information content (AvgIpc) is 2.96. The van der Waals surface area contributed by atoms with Crippen LogP contribution in [0.15, 0.2) is 53.9 Å². The van der Waals surface area contributed by atoms with Crippen LogP contribution in [0.1, 0.15) is 11.1 Å². The molecule has 0 aliphatic rings. The lowest BCUT2D eigenvalue weighted by atomic mass is 10.1. The van der Waals surface area contributed by atoms with Gasteiger partial charge in [-0.25, -0.2) is 4.57 Å². The summed E-state index contributed by atoms with van der Waals surface area (Å²) in [4.78, 5) is 18.3. The average molecular weight is 392 g/mol. The highest BCUT2D eigenvalue weighted by Gasteiger charge is 2.21. The summed E-state index contributed by atoms with van der Waals surface area (Å²) in [7, 11) is -0.206. The van der Waals surface area contributed by atoms with Crippen LogP contribution in [0.5, 0.6) is 5.75 Å². The minimum atomic E-state index is -4.58. The minimum Gasteiger partial charge on any atom is -0.404 e. The van der Waals surface area contributed by atoms with Gasteiger partial charge >= 0.3 is 7.82 Å². The second kappa shape index (κ2) is 7.51. The number of benzene rings is 2. The van der Waals surface area contributed by atoms with Crippen LogP contribution >= 0.6 is 19.2 Å². The monoisotopic (exact) mass is 392 g/mol. The van der Waals surface area contributed by atoms with Crippen LogP contribution in [0.3, 0.4) is 0 Å². The standard InChI is InChI=1S/C19H22NO4PS/c1-20(2,13-15-7-4-3-5-8-15)12-11-16-14-26-18-10-6-9-17(19(16)18)24-25(21,22)23/h3-10,14H,11-13H2,1-2H3,(H-,21,22,23)/p+1. The first-order valence-corrected chi connectivity index (χ1v) is 10.7. The van der Waals surface area contributed by atoms with Gasteiger partial charge in [0.05, 0.1) is 20.6 Å². The Morgan fingerprint density at radius 3 is 2.50 bits per heavy atom. The first kappa shape index (κ1) is 19.1. The van der Waals surface area contributed by atoms with Crippen molar-refractivity contribution in [1.29, 1.82) is 0 Å². The Balaban J connectivity index is 1.79. The molecule has 1 aromatic heterocycles. The smallest absolute Gasteiger partial charge is 0.404 e. The molecule has 0 spiro atoms. The van der Waals surface area contributed by atoms with E-state index in [0.717, 1.165) is 39.6 Å². The number of nitrogens with zero attached hydrogens (tertiary/aromatic N) is 1. The highest BCUT2D eigenvalue weighted by atomic mass is 32.1. The molecule has 2 N–H and O–H groups in total. The lowest BCUT2D eigenvalue weighted by molar-refractivity contribution is -0.903. The summed E-state index contributed by atoms with van der Waals surface area (Å²) < 4.78 is 18.0. The van der Waals surface area contributed by atoms with E-state index in [9.17, 15) is 14.4 Å². The molecule has 0 saturated carbocycles. The number of likely N-dealkylation sites (N-methyl/N-ethyl adjacent to an activating group) is 1. The highest BCUT2D eigenvalue weighted by Crippen LogP contribution is 2.43. The molecule has 2 aromatic carbocycles. The summed E-state index contributed by atoms with van der Waals surface area (Å²) >= 11 is 1.57. The van der Waals surface area contributed by atoms with Crippen molar-refractivity contribution in [2.24, 2.45) is 0 Å². The summed E-state index contributed by atoms with van der Waals surface area (Å²) in [6, 6.07) is 15.7. The quantitative estimate of drug-likeness (QED) is 0.467. The molecule has 0 amide bonds. The van der Waals surface area contributed by atoms with Gasteiger partial charge in [-0.1, -0.05) is 36.4 Å². The van der Waals surface area contributed by atoms with Crippen molar-refractivity contribution in [3.05, 3.63) is 65.0 Å². The summed E-state index contributed by atoms with van der Waals surface area (Å²) in [5.41, 5.74) is 2.35. The van der Waals surface area contributed by atoms with Crippen LogP contribution in [0.25, 0.3) is 10.1 Å². The van der Waals surface area contributed by atoms with E-state index in [1.165, 1.54) is 5.56 Å². The van der Waals surface area contributed by atoms with Gasteiger partial charge in [-0.15, -0.1) is 11.3 Å². The van der Waals surface area contributed by atoms with Crippen molar-refractivity contribution in [3.8, 4) is 5.75 Å². The lowest BCUT2D eigenvalue weighted by Gasteiger charge is -2.30. The third-order valence-corrected chi connectivity index (χ3v) is 5.73. The zero-order valence-corrected chi connectivity index (χ0v) is 16.5. The van der Waals surface area contributed by atoms with Crippen LogP contribution in [-0.4, -0.2) is 34.9 Å². The van der Waals surface area contributed by atoms with Gasteiger partial charge in [0.1, 0.15) is 12.3 Å². The molecule has 0 radical (unpaired) electrons. The van der Waals surface area contributed by atoms with Gasteiger partial charge in [0.2, 0.25) is 0 Å². The molecule has 7 heteroatoms. The number of phosphoric ester groups is 1. The van der Waals surface area contributed by atoms with E-state index in [1.807, 2.05) is 24.3 Å². The number of phosphoric acid groups is 1. The largest absolute Gasteiger partial charge is 0.524 e. The molecule has 0 saturated heterocycles. The third-order valence-electron chi connectivity index (χ3n) is 4.29. The van der Waals surface area contributed by atoms with Crippen molar-refractivity contribution in [3.63, 3.8) is 0 Å². The number of quaternary nitrogens is 1. The lowest BCUT2D eigenvalue weighted by Crippen LogP contribution is -2.40. The van der Waals surface area contributed by atoms with Gasteiger partial charge in [-0.05, 0) is 23.1 Å². The van der Waals surface area contributed by atoms with E-state index in [1.54, 1.807) is 23.5 Å². The molecule has 3 aromatic rings. The van der Waals surface area contributed by atoms with Crippen LogP contribution in [0.2, 0.25) is 0 Å². The fraction of sp³-hybridized carbons (Fsp3) is 0.263. The first-order chi connectivity index (χ1) is 12.2. The third kappa shape index (κ3) is 4.93. The zero-order chi connectivity index (χ0) is 18.8. The fourth-order valence-electron chi connectivity index (χ4n) is 3.09. The highest BCUT2D eigenvalue weighted by molar-refractivity contribution is 7.46. The molecule has 0 unspecified atom stereocenters. The Morgan fingerprint density at radius 1 is 1.08 bits per heavy atom. The number of rotatable bonds is 7. The summed E-state index contributed by atoms with van der Waals surface area (Å²) in [6.45, 7) is 1.83. The second-order valence-corrected chi connectivity index (χ2v) is 9.10. The molecule has 26 heavy (non-hydrogen) atoms. The molecular weight excluding hydrogens is 369 g/mol. The van der Waals surface area contributed by atoms with Crippen molar-refractivity contribution in [1.82, 2.24) is 0 Å². The van der Waals surface area contributed by atoms with Gasteiger partial charge in [-0.3, -0.25) is 9.79 Å². The maximum atomic E-state index is 11.3. The van der Waals surface area contributed by atoms with E-state index in [2.05, 4.69) is 31.6 Å². The Labute approximate surface area is 157 Å². The molecule has 0 fully saturated rings. The molecule has 1 heterocycles. The molecular formula is C19H23NO4PS+. The van der Waals surface area contributed by atoms with Crippen LogP contribution < -0.4 is 4.52 Å². The summed E-state index contributed by atoms with van der Waals surface area (Å²) in [5, 5.41) is 2.86. The molecule has 0 aliphatic carbocycles. The van der Waals surface area contributed by atoms with E-state index >= 15 is 0 Å². The van der Waals surface area contributed by atoms with Gasteiger partial charge in [0.25, 0.3) is 0 Å². The normalized spacial score (nSPS) is 12.5. The summed E-state index contributed by atoms with van der Waals surface area (Å²) in [6.07, 6.45) is 0.807. The Kier molecular flexibility index (Phi) is 5.51. The zero-order valence-electron chi connectivity index (χ0n) is 14.8. The van der Waals surface area contributed by atoms with E-state index in [-0.39, 0.29) is 5.75 Å². The Morgan fingerprint density at radius 2 is 1.81 bits per heavy atom. The van der Waals surface area contributed by atoms with E-state index in [4.69, 9.17) is 4.52 Å². The van der Waals surface area contributed by atoms with Gasteiger partial charge in [0.15, 0.2) is 0 Å². The molecule has 3 rings (SSSR count). The van der Waals surface area contributed by atoms with Crippen molar-refractivity contribution in [2.75, 3.05) is 20.6 Å². The second-order valence-electron chi connectivity index (χ2n) is 7.03. The first-order valence-electron chi connectivity index (χ1n) is 8.34. The molecule has 0 atom stereocenters. The maximum absolute atomic E-state index is 11.3. The minimum absolute atomic E-state index is 0.250. The van der Waals surface area contributed by atoms with Gasteiger partial charge in [0, 0.05) is 22.1 Å². The maximum Gasteiger partial charge on any atom is 0.524 e. The predicted octanol–water partition coefficient (Wildman–Crippen LogP) is 4.19. The number of hydrogen-bond donors (Lipinski definition) is 2. The number of hydrogen-bond acceptors (Lipinski definition) is 3. The van der Waals surface area contributed by atoms with E-state index < -0.39 is 7.82 Å². The topological polar surface area (TPSA) is 66.8 Å². The summed E-state index contributed by atoms with van der Waals surface area (Å²) in [5.74, 6) is 0.250. The van der Waals surface area contributed by atoms with Crippen LogP contribution in [-0.2, 0) is 17.5 Å². The number of fused-ring (bicyclic) bond motifs is 1. The molecule has 0 bridgehead atoms. The Bertz CT molecular complexity index is 933. The SMILES string of the molecule is C[N+](C)(CCc1csc2cccc(OP(=O)(O)O)c12)Cc1ccccc1.